The lowest BCUT2D eigenvalue weighted by Crippen LogP contribution is -2.47. The number of amides is 2. The topological polar surface area (TPSA) is 87.5 Å². The Balaban J connectivity index is 2.49. The van der Waals surface area contributed by atoms with Crippen LogP contribution in [0.25, 0.3) is 0 Å². The number of carbonyl (C=O) groups is 2. The van der Waals surface area contributed by atoms with E-state index >= 15 is 0 Å². The number of hydrogen-bond donors (Lipinski definition) is 2. The first-order chi connectivity index (χ1) is 9.45. The zero-order valence-corrected chi connectivity index (χ0v) is 12.2. The molecule has 0 aliphatic rings. The van der Waals surface area contributed by atoms with Crippen LogP contribution >= 0.6 is 0 Å². The number of nitrogens with one attached hydrogen (secondary N) is 1. The van der Waals surface area contributed by atoms with Gasteiger partial charge in [-0.05, 0) is 19.4 Å². The molecule has 0 aliphatic heterocycles. The summed E-state index contributed by atoms with van der Waals surface area (Å²) in [7, 11) is 1.84. The third-order valence-corrected chi connectivity index (χ3v) is 3.27. The standard InChI is InChI=1S/C13H22N4O3/c1-4-10(2)17(9-12(18)19)13(20)14-7-5-11-6-8-15-16(11)3/h6,8,10H,4-5,7,9H2,1-3H3,(H,14,20)(H,18,19). The van der Waals surface area contributed by atoms with Crippen LogP contribution in [0.4, 0.5) is 4.79 Å². The number of aliphatic carboxylic acids is 1. The SMILES string of the molecule is CCC(C)N(CC(=O)O)C(=O)NCCc1ccnn1C. The van der Waals surface area contributed by atoms with Crippen molar-refractivity contribution in [2.45, 2.75) is 32.7 Å². The van der Waals surface area contributed by atoms with Gasteiger partial charge >= 0.3 is 12.0 Å². The molecule has 0 saturated heterocycles. The molecule has 7 heteroatoms. The number of nitrogens with zero attached hydrogens (tertiary/aromatic N) is 3. The van der Waals surface area contributed by atoms with Crippen molar-refractivity contribution in [3.05, 3.63) is 18.0 Å². The first-order valence-corrected chi connectivity index (χ1v) is 6.68. The lowest BCUT2D eigenvalue weighted by Gasteiger charge is -2.27. The Hall–Kier alpha value is -2.05. The molecule has 2 N–H and O–H groups in total. The molecule has 0 fully saturated rings. The van der Waals surface area contributed by atoms with Crippen LogP contribution in [0.15, 0.2) is 12.3 Å². The van der Waals surface area contributed by atoms with Crippen molar-refractivity contribution < 1.29 is 14.7 Å². The summed E-state index contributed by atoms with van der Waals surface area (Å²) in [5.74, 6) is -1.01. The van der Waals surface area contributed by atoms with E-state index in [1.807, 2.05) is 27.0 Å². The van der Waals surface area contributed by atoms with Crippen LogP contribution in [0.5, 0.6) is 0 Å². The van der Waals surface area contributed by atoms with E-state index in [-0.39, 0.29) is 18.6 Å². The molecule has 1 rings (SSSR count). The molecule has 2 amide bonds. The molecule has 1 unspecified atom stereocenters. The summed E-state index contributed by atoms with van der Waals surface area (Å²) in [5, 5.41) is 15.7. The van der Waals surface area contributed by atoms with Gasteiger partial charge in [0.1, 0.15) is 6.54 Å². The Kier molecular flexibility index (Phi) is 6.02. The second-order valence-corrected chi connectivity index (χ2v) is 4.71. The van der Waals surface area contributed by atoms with E-state index in [0.717, 1.165) is 5.69 Å². The number of carbonyl (C=O) groups excluding carboxylic acids is 1. The average molecular weight is 282 g/mol. The van der Waals surface area contributed by atoms with Gasteiger partial charge in [-0.3, -0.25) is 9.48 Å². The van der Waals surface area contributed by atoms with Crippen molar-refractivity contribution in [2.75, 3.05) is 13.1 Å². The van der Waals surface area contributed by atoms with Crippen LogP contribution in [0.2, 0.25) is 0 Å². The highest BCUT2D eigenvalue weighted by Crippen LogP contribution is 2.04. The molecule has 1 aromatic heterocycles. The fraction of sp³-hybridized carbons (Fsp3) is 0.615. The lowest BCUT2D eigenvalue weighted by atomic mass is 10.2. The molecule has 0 saturated carbocycles. The van der Waals surface area contributed by atoms with Crippen molar-refractivity contribution in [2.24, 2.45) is 7.05 Å². The van der Waals surface area contributed by atoms with Crippen LogP contribution < -0.4 is 5.32 Å². The van der Waals surface area contributed by atoms with E-state index < -0.39 is 5.97 Å². The molecule has 0 radical (unpaired) electrons. The maximum absolute atomic E-state index is 12.0. The Morgan fingerprint density at radius 1 is 1.55 bits per heavy atom. The zero-order valence-electron chi connectivity index (χ0n) is 12.2. The molecule has 1 aromatic rings. The Morgan fingerprint density at radius 2 is 2.25 bits per heavy atom. The van der Waals surface area contributed by atoms with Gasteiger partial charge in [-0.2, -0.15) is 5.10 Å². The van der Waals surface area contributed by atoms with Gasteiger partial charge in [0.15, 0.2) is 0 Å². The number of aromatic nitrogens is 2. The van der Waals surface area contributed by atoms with E-state index in [1.165, 1.54) is 4.90 Å². The van der Waals surface area contributed by atoms with Gasteiger partial charge in [0.05, 0.1) is 0 Å². The van der Waals surface area contributed by atoms with E-state index in [9.17, 15) is 9.59 Å². The maximum atomic E-state index is 12.0. The second kappa shape index (κ2) is 7.52. The molecule has 0 aliphatic carbocycles. The molecule has 7 nitrogen and oxygen atoms in total. The summed E-state index contributed by atoms with van der Waals surface area (Å²) < 4.78 is 1.75. The van der Waals surface area contributed by atoms with Crippen molar-refractivity contribution in [1.29, 1.82) is 0 Å². The number of hydrogen-bond acceptors (Lipinski definition) is 3. The summed E-state index contributed by atoms with van der Waals surface area (Å²) >= 11 is 0. The third kappa shape index (κ3) is 4.56. The van der Waals surface area contributed by atoms with E-state index in [1.54, 1.807) is 10.9 Å². The van der Waals surface area contributed by atoms with Crippen molar-refractivity contribution in [3.63, 3.8) is 0 Å². The zero-order chi connectivity index (χ0) is 15.1. The minimum atomic E-state index is -1.01. The molecule has 0 aromatic carbocycles. The van der Waals surface area contributed by atoms with Crippen LogP contribution in [0.3, 0.4) is 0 Å². The minimum absolute atomic E-state index is 0.109. The molecule has 20 heavy (non-hydrogen) atoms. The van der Waals surface area contributed by atoms with Gasteiger partial charge in [-0.15, -0.1) is 0 Å². The third-order valence-electron chi connectivity index (χ3n) is 3.27. The van der Waals surface area contributed by atoms with Crippen LogP contribution in [0.1, 0.15) is 26.0 Å². The Bertz CT molecular complexity index is 458. The fourth-order valence-corrected chi connectivity index (χ4v) is 1.84. The predicted octanol–water partition coefficient (Wildman–Crippen LogP) is 0.857. The highest BCUT2D eigenvalue weighted by molar-refractivity contribution is 5.80. The van der Waals surface area contributed by atoms with E-state index in [2.05, 4.69) is 10.4 Å². The largest absolute Gasteiger partial charge is 0.480 e. The first kappa shape index (κ1) is 16.0. The van der Waals surface area contributed by atoms with Crippen molar-refractivity contribution in [3.8, 4) is 0 Å². The number of carboxylic acid groups (broad SMARTS) is 1. The van der Waals surface area contributed by atoms with Crippen LogP contribution in [-0.4, -0.2) is 50.9 Å². The Morgan fingerprint density at radius 3 is 2.75 bits per heavy atom. The van der Waals surface area contributed by atoms with Gasteiger partial charge in [0.25, 0.3) is 0 Å². The Labute approximate surface area is 118 Å². The van der Waals surface area contributed by atoms with E-state index in [4.69, 9.17) is 5.11 Å². The molecule has 1 heterocycles. The monoisotopic (exact) mass is 282 g/mol. The summed E-state index contributed by atoms with van der Waals surface area (Å²) in [4.78, 5) is 24.2. The van der Waals surface area contributed by atoms with Crippen LogP contribution in [-0.2, 0) is 18.3 Å². The molecular weight excluding hydrogens is 260 g/mol. The lowest BCUT2D eigenvalue weighted by molar-refractivity contribution is -0.138. The quantitative estimate of drug-likeness (QED) is 0.776. The van der Waals surface area contributed by atoms with Gasteiger partial charge in [0, 0.05) is 37.9 Å². The number of carboxylic acids is 1. The highest BCUT2D eigenvalue weighted by Gasteiger charge is 2.21. The first-order valence-electron chi connectivity index (χ1n) is 6.68. The average Bonchev–Trinajstić information content (AvgIpc) is 2.80. The maximum Gasteiger partial charge on any atom is 0.323 e. The van der Waals surface area contributed by atoms with Gasteiger partial charge < -0.3 is 15.3 Å². The van der Waals surface area contributed by atoms with Gasteiger partial charge in [-0.1, -0.05) is 6.92 Å². The minimum Gasteiger partial charge on any atom is -0.480 e. The summed E-state index contributed by atoms with van der Waals surface area (Å²) in [5.41, 5.74) is 1.01. The van der Waals surface area contributed by atoms with Crippen molar-refractivity contribution >= 4 is 12.0 Å². The normalized spacial score (nSPS) is 11.9. The number of urea groups is 1. The van der Waals surface area contributed by atoms with Gasteiger partial charge in [0.2, 0.25) is 0 Å². The van der Waals surface area contributed by atoms with E-state index in [0.29, 0.717) is 19.4 Å². The second-order valence-electron chi connectivity index (χ2n) is 4.71. The molecular formula is C13H22N4O3. The molecule has 1 atom stereocenters. The van der Waals surface area contributed by atoms with Gasteiger partial charge in [-0.25, -0.2) is 4.79 Å². The number of rotatable bonds is 7. The highest BCUT2D eigenvalue weighted by atomic mass is 16.4. The molecule has 0 bridgehead atoms. The molecule has 112 valence electrons. The summed E-state index contributed by atoms with van der Waals surface area (Å²) in [6.07, 6.45) is 3.07. The van der Waals surface area contributed by atoms with Crippen LogP contribution in [0, 0.1) is 0 Å². The summed E-state index contributed by atoms with van der Waals surface area (Å²) in [6.45, 7) is 3.92. The smallest absolute Gasteiger partial charge is 0.323 e. The summed E-state index contributed by atoms with van der Waals surface area (Å²) in [6, 6.07) is 1.43. The molecule has 0 spiro atoms. The predicted molar refractivity (Wildman–Crippen MR) is 74.4 cm³/mol. The van der Waals surface area contributed by atoms with Crippen molar-refractivity contribution in [1.82, 2.24) is 20.0 Å². The fourth-order valence-electron chi connectivity index (χ4n) is 1.84. The number of aryl methyl sites for hydroxylation is 1.